The molecule has 0 bridgehead atoms. The molecular formula is C16H22N4O3S. The van der Waals surface area contributed by atoms with Crippen LogP contribution in [-0.2, 0) is 16.9 Å². The molecule has 1 fully saturated rings. The molecule has 3 rings (SSSR count). The molecule has 2 aromatic rings. The lowest BCUT2D eigenvalue weighted by Crippen LogP contribution is -2.48. The topological polar surface area (TPSA) is 90.0 Å². The van der Waals surface area contributed by atoms with Crippen LogP contribution >= 0.6 is 11.3 Å². The summed E-state index contributed by atoms with van der Waals surface area (Å²) in [5, 5.41) is 8.95. The van der Waals surface area contributed by atoms with Crippen LogP contribution in [0.15, 0.2) is 14.7 Å². The monoisotopic (exact) mass is 350 g/mol. The summed E-state index contributed by atoms with van der Waals surface area (Å²) in [5.41, 5.74) is 0.198. The summed E-state index contributed by atoms with van der Waals surface area (Å²) in [7, 11) is 0. The second-order valence-corrected chi connectivity index (χ2v) is 7.23. The maximum Gasteiger partial charge on any atom is 0.307 e. The Kier molecular flexibility index (Phi) is 4.84. The van der Waals surface area contributed by atoms with Gasteiger partial charge in [-0.2, -0.15) is 4.98 Å². The summed E-state index contributed by atoms with van der Waals surface area (Å²) in [6.07, 6.45) is 5.86. The molecule has 130 valence electrons. The Morgan fingerprint density at radius 2 is 2.04 bits per heavy atom. The van der Waals surface area contributed by atoms with Crippen LogP contribution in [0.5, 0.6) is 0 Å². The van der Waals surface area contributed by atoms with E-state index in [1.165, 1.54) is 4.57 Å². The van der Waals surface area contributed by atoms with Crippen LogP contribution in [0.3, 0.4) is 0 Å². The van der Waals surface area contributed by atoms with E-state index in [0.29, 0.717) is 11.7 Å². The molecule has 2 heterocycles. The molecule has 0 unspecified atom stereocenters. The summed E-state index contributed by atoms with van der Waals surface area (Å²) < 4.78 is 6.64. The normalized spacial score (nSPS) is 17.4. The Balaban J connectivity index is 1.83. The van der Waals surface area contributed by atoms with Gasteiger partial charge in [0.2, 0.25) is 11.8 Å². The molecular weight excluding hydrogens is 328 g/mol. The van der Waals surface area contributed by atoms with Crippen molar-refractivity contribution in [3.8, 4) is 0 Å². The SMILES string of the molecule is Cc1nc(C2(NC(=O)Cn3c(C)csc3=O)CCCCCC2)no1. The van der Waals surface area contributed by atoms with E-state index >= 15 is 0 Å². The van der Waals surface area contributed by atoms with Crippen LogP contribution in [0.2, 0.25) is 0 Å². The van der Waals surface area contributed by atoms with E-state index in [1.54, 1.807) is 12.3 Å². The first-order valence-electron chi connectivity index (χ1n) is 8.27. The summed E-state index contributed by atoms with van der Waals surface area (Å²) in [6, 6.07) is 0. The van der Waals surface area contributed by atoms with E-state index < -0.39 is 5.54 Å². The number of hydrogen-bond donors (Lipinski definition) is 1. The predicted octanol–water partition coefficient (Wildman–Crippen LogP) is 2.28. The molecule has 1 amide bonds. The zero-order chi connectivity index (χ0) is 17.2. The minimum atomic E-state index is -0.598. The average molecular weight is 350 g/mol. The van der Waals surface area contributed by atoms with Gasteiger partial charge in [-0.3, -0.25) is 14.2 Å². The molecule has 0 spiro atoms. The molecule has 8 heteroatoms. The van der Waals surface area contributed by atoms with Crippen molar-refractivity contribution in [3.05, 3.63) is 32.5 Å². The third kappa shape index (κ3) is 3.43. The highest BCUT2D eigenvalue weighted by Gasteiger charge is 2.38. The van der Waals surface area contributed by atoms with Crippen molar-refractivity contribution in [2.75, 3.05) is 0 Å². The van der Waals surface area contributed by atoms with Crippen LogP contribution in [0.4, 0.5) is 0 Å². The Hall–Kier alpha value is -1.96. The molecule has 0 atom stereocenters. The third-order valence-corrected chi connectivity index (χ3v) is 5.45. The number of carbonyl (C=O) groups is 1. The molecule has 0 saturated heterocycles. The number of thiazole rings is 1. The van der Waals surface area contributed by atoms with Crippen molar-refractivity contribution in [1.82, 2.24) is 20.0 Å². The molecule has 1 aliphatic carbocycles. The number of nitrogens with zero attached hydrogens (tertiary/aromatic N) is 3. The lowest BCUT2D eigenvalue weighted by molar-refractivity contribution is -0.124. The number of nitrogens with one attached hydrogen (secondary N) is 1. The fourth-order valence-corrected chi connectivity index (χ4v) is 4.01. The number of hydrogen-bond acceptors (Lipinski definition) is 6. The predicted molar refractivity (Wildman–Crippen MR) is 89.9 cm³/mol. The number of aromatic nitrogens is 3. The van der Waals surface area contributed by atoms with E-state index in [4.69, 9.17) is 4.52 Å². The van der Waals surface area contributed by atoms with Crippen molar-refractivity contribution in [3.63, 3.8) is 0 Å². The molecule has 0 aromatic carbocycles. The molecule has 0 radical (unpaired) electrons. The summed E-state index contributed by atoms with van der Waals surface area (Å²) in [5.74, 6) is 0.848. The minimum absolute atomic E-state index is 0.0206. The summed E-state index contributed by atoms with van der Waals surface area (Å²) in [4.78, 5) is 28.7. The van der Waals surface area contributed by atoms with Gasteiger partial charge in [-0.05, 0) is 19.8 Å². The van der Waals surface area contributed by atoms with Gasteiger partial charge in [0.15, 0.2) is 5.82 Å². The first kappa shape index (κ1) is 16.9. The van der Waals surface area contributed by atoms with Crippen LogP contribution in [0, 0.1) is 13.8 Å². The quantitative estimate of drug-likeness (QED) is 0.854. The highest BCUT2D eigenvalue weighted by molar-refractivity contribution is 7.07. The van der Waals surface area contributed by atoms with Crippen LogP contribution in [0.1, 0.15) is 55.9 Å². The fourth-order valence-electron chi connectivity index (χ4n) is 3.28. The van der Waals surface area contributed by atoms with Gasteiger partial charge in [0.05, 0.1) is 0 Å². The Morgan fingerprint density at radius 3 is 2.58 bits per heavy atom. The lowest BCUT2D eigenvalue weighted by Gasteiger charge is -2.30. The highest BCUT2D eigenvalue weighted by atomic mass is 32.1. The standard InChI is InChI=1S/C16H22N4O3S/c1-11-10-24-15(22)20(11)9-13(21)18-16(7-5-3-4-6-8-16)14-17-12(2)23-19-14/h10H,3-9H2,1-2H3,(H,18,21). The maximum absolute atomic E-state index is 12.6. The molecule has 1 N–H and O–H groups in total. The Bertz CT molecular complexity index is 768. The van der Waals surface area contributed by atoms with Crippen molar-refractivity contribution in [2.24, 2.45) is 0 Å². The maximum atomic E-state index is 12.6. The van der Waals surface area contributed by atoms with Gasteiger partial charge in [0.25, 0.3) is 0 Å². The first-order valence-corrected chi connectivity index (χ1v) is 9.15. The van der Waals surface area contributed by atoms with Crippen molar-refractivity contribution >= 4 is 17.2 Å². The second kappa shape index (κ2) is 6.88. The molecule has 7 nitrogen and oxygen atoms in total. The summed E-state index contributed by atoms with van der Waals surface area (Å²) in [6.45, 7) is 3.60. The zero-order valence-electron chi connectivity index (χ0n) is 14.0. The van der Waals surface area contributed by atoms with Crippen molar-refractivity contribution in [1.29, 1.82) is 0 Å². The average Bonchev–Trinajstić information content (AvgIpc) is 3.02. The summed E-state index contributed by atoms with van der Waals surface area (Å²) >= 11 is 1.11. The lowest BCUT2D eigenvalue weighted by atomic mass is 9.89. The number of amides is 1. The number of carbonyl (C=O) groups excluding carboxylic acids is 1. The molecule has 24 heavy (non-hydrogen) atoms. The highest BCUT2D eigenvalue weighted by Crippen LogP contribution is 2.34. The second-order valence-electron chi connectivity index (χ2n) is 6.41. The van der Waals surface area contributed by atoms with Crippen LogP contribution < -0.4 is 10.2 Å². The van der Waals surface area contributed by atoms with Crippen molar-refractivity contribution in [2.45, 2.75) is 64.5 Å². The Morgan fingerprint density at radius 1 is 1.33 bits per heavy atom. The molecule has 2 aromatic heterocycles. The van der Waals surface area contributed by atoms with Gasteiger partial charge in [0.1, 0.15) is 12.1 Å². The molecule has 1 saturated carbocycles. The largest absolute Gasteiger partial charge is 0.342 e. The van der Waals surface area contributed by atoms with E-state index in [1.807, 2.05) is 6.92 Å². The van der Waals surface area contributed by atoms with Gasteiger partial charge < -0.3 is 9.84 Å². The molecule has 0 aliphatic heterocycles. The van der Waals surface area contributed by atoms with Crippen LogP contribution in [0.25, 0.3) is 0 Å². The van der Waals surface area contributed by atoms with Gasteiger partial charge >= 0.3 is 4.87 Å². The third-order valence-electron chi connectivity index (χ3n) is 4.57. The van der Waals surface area contributed by atoms with Gasteiger partial charge in [-0.1, -0.05) is 42.2 Å². The number of rotatable bonds is 4. The van der Waals surface area contributed by atoms with E-state index in [9.17, 15) is 9.59 Å². The fraction of sp³-hybridized carbons (Fsp3) is 0.625. The zero-order valence-corrected chi connectivity index (χ0v) is 14.8. The van der Waals surface area contributed by atoms with E-state index in [0.717, 1.165) is 55.6 Å². The van der Waals surface area contributed by atoms with Gasteiger partial charge in [-0.15, -0.1) is 0 Å². The van der Waals surface area contributed by atoms with E-state index in [-0.39, 0.29) is 17.3 Å². The smallest absolute Gasteiger partial charge is 0.307 e. The first-order chi connectivity index (χ1) is 11.5. The minimum Gasteiger partial charge on any atom is -0.342 e. The van der Waals surface area contributed by atoms with E-state index in [2.05, 4.69) is 15.5 Å². The molecule has 1 aliphatic rings. The Labute approximate surface area is 144 Å². The van der Waals surface area contributed by atoms with Crippen LogP contribution in [-0.4, -0.2) is 20.6 Å². The van der Waals surface area contributed by atoms with Gasteiger partial charge in [0, 0.05) is 18.0 Å². The van der Waals surface area contributed by atoms with Crippen molar-refractivity contribution < 1.29 is 9.32 Å². The number of aryl methyl sites for hydroxylation is 2. The van der Waals surface area contributed by atoms with Gasteiger partial charge in [-0.25, -0.2) is 0 Å².